The van der Waals surface area contributed by atoms with Gasteiger partial charge in [-0.1, -0.05) is 54.1 Å². The summed E-state index contributed by atoms with van der Waals surface area (Å²) in [5.74, 6) is 0.644. The van der Waals surface area contributed by atoms with E-state index in [2.05, 4.69) is 40.1 Å². The predicted octanol–water partition coefficient (Wildman–Crippen LogP) is 4.65. The minimum Gasteiger partial charge on any atom is -0.491 e. The van der Waals surface area contributed by atoms with Crippen molar-refractivity contribution in [2.45, 2.75) is 12.6 Å². The summed E-state index contributed by atoms with van der Waals surface area (Å²) in [4.78, 5) is 4.79. The lowest BCUT2D eigenvalue weighted by molar-refractivity contribution is 0.201. The van der Waals surface area contributed by atoms with E-state index in [1.54, 1.807) is 6.07 Å². The molecule has 5 nitrogen and oxygen atoms in total. The number of nitriles is 1. The fraction of sp³-hybridized carbons (Fsp3) is 0.269. The van der Waals surface area contributed by atoms with E-state index in [0.29, 0.717) is 16.3 Å². The van der Waals surface area contributed by atoms with Crippen LogP contribution in [0.4, 0.5) is 5.69 Å². The third kappa shape index (κ3) is 5.23. The Labute approximate surface area is 194 Å². The molecule has 1 saturated heterocycles. The van der Waals surface area contributed by atoms with Gasteiger partial charge < -0.3 is 14.7 Å². The van der Waals surface area contributed by atoms with Crippen LogP contribution in [-0.4, -0.2) is 42.9 Å². The van der Waals surface area contributed by atoms with Gasteiger partial charge in [-0.3, -0.25) is 4.90 Å². The van der Waals surface area contributed by atoms with Gasteiger partial charge in [0.2, 0.25) is 0 Å². The Hall–Kier alpha value is -3.04. The van der Waals surface area contributed by atoms with E-state index in [9.17, 15) is 5.26 Å². The van der Waals surface area contributed by atoms with E-state index in [1.165, 1.54) is 5.56 Å². The standard InChI is InChI=1S/C26H26ClN3O2/c27-24-16-23(32-15-14-31)10-11-25(24)30-13-12-29(18-21-4-2-1-3-5-21)19-26(30)22-8-6-20(17-28)7-9-22/h1-11,16,26,31H,12-15,18-19H2/t26-/m0/s1. The SMILES string of the molecule is N#Cc1ccc([C@@H]2CN(Cc3ccccc3)CCN2c2ccc(OCCO)cc2Cl)cc1. The molecule has 4 rings (SSSR count). The first kappa shape index (κ1) is 22.2. The fourth-order valence-corrected chi connectivity index (χ4v) is 4.43. The molecule has 6 heteroatoms. The van der Waals surface area contributed by atoms with E-state index >= 15 is 0 Å². The number of hydrogen-bond donors (Lipinski definition) is 1. The monoisotopic (exact) mass is 447 g/mol. The van der Waals surface area contributed by atoms with Gasteiger partial charge in [0, 0.05) is 32.2 Å². The van der Waals surface area contributed by atoms with Crippen LogP contribution < -0.4 is 9.64 Å². The smallest absolute Gasteiger partial charge is 0.121 e. The summed E-state index contributed by atoms with van der Waals surface area (Å²) < 4.78 is 5.51. The molecule has 0 radical (unpaired) electrons. The maximum Gasteiger partial charge on any atom is 0.121 e. The molecule has 0 amide bonds. The Kier molecular flexibility index (Phi) is 7.28. The van der Waals surface area contributed by atoms with Crippen molar-refractivity contribution >= 4 is 17.3 Å². The van der Waals surface area contributed by atoms with E-state index in [0.717, 1.165) is 37.4 Å². The number of nitrogens with zero attached hydrogens (tertiary/aromatic N) is 3. The van der Waals surface area contributed by atoms with Crippen molar-refractivity contribution < 1.29 is 9.84 Å². The van der Waals surface area contributed by atoms with Gasteiger partial charge >= 0.3 is 0 Å². The molecule has 0 saturated carbocycles. The van der Waals surface area contributed by atoms with Crippen molar-refractivity contribution in [1.29, 1.82) is 5.26 Å². The molecule has 1 N–H and O–H groups in total. The topological polar surface area (TPSA) is 59.7 Å². The van der Waals surface area contributed by atoms with Crippen LogP contribution in [0.15, 0.2) is 72.8 Å². The third-order valence-corrected chi connectivity index (χ3v) is 6.03. The van der Waals surface area contributed by atoms with Gasteiger partial charge in [-0.05, 0) is 35.4 Å². The molecule has 0 bridgehead atoms. The fourth-order valence-electron chi connectivity index (χ4n) is 4.15. The van der Waals surface area contributed by atoms with Crippen molar-refractivity contribution in [1.82, 2.24) is 4.90 Å². The lowest BCUT2D eigenvalue weighted by atomic mass is 9.99. The molecular weight excluding hydrogens is 422 g/mol. The Balaban J connectivity index is 1.61. The quantitative estimate of drug-likeness (QED) is 0.571. The van der Waals surface area contributed by atoms with Gasteiger partial charge in [0.05, 0.1) is 35.0 Å². The number of benzene rings is 3. The summed E-state index contributed by atoms with van der Waals surface area (Å²) in [6.07, 6.45) is 0. The zero-order chi connectivity index (χ0) is 22.3. The van der Waals surface area contributed by atoms with Crippen molar-refractivity contribution in [2.24, 2.45) is 0 Å². The highest BCUT2D eigenvalue weighted by Crippen LogP contribution is 2.37. The molecule has 1 aliphatic rings. The second-order valence-electron chi connectivity index (χ2n) is 7.85. The van der Waals surface area contributed by atoms with E-state index < -0.39 is 0 Å². The molecule has 0 spiro atoms. The molecule has 3 aromatic carbocycles. The minimum absolute atomic E-state index is 0.0382. The largest absolute Gasteiger partial charge is 0.491 e. The molecule has 1 aliphatic heterocycles. The highest BCUT2D eigenvalue weighted by atomic mass is 35.5. The zero-order valence-electron chi connectivity index (χ0n) is 17.8. The lowest BCUT2D eigenvalue weighted by Gasteiger charge is -2.43. The highest BCUT2D eigenvalue weighted by molar-refractivity contribution is 6.33. The predicted molar refractivity (Wildman–Crippen MR) is 127 cm³/mol. The van der Waals surface area contributed by atoms with Crippen molar-refractivity contribution in [3.05, 3.63) is 94.5 Å². The third-order valence-electron chi connectivity index (χ3n) is 5.73. The molecule has 1 heterocycles. The average Bonchev–Trinajstić information content (AvgIpc) is 2.84. The van der Waals surface area contributed by atoms with Gasteiger partial charge in [-0.25, -0.2) is 0 Å². The molecule has 0 aromatic heterocycles. The van der Waals surface area contributed by atoms with Crippen LogP contribution in [0.3, 0.4) is 0 Å². The van der Waals surface area contributed by atoms with Crippen LogP contribution in [-0.2, 0) is 6.54 Å². The molecule has 1 atom stereocenters. The van der Waals surface area contributed by atoms with Crippen LogP contribution >= 0.6 is 11.6 Å². The number of piperazine rings is 1. The number of hydrogen-bond acceptors (Lipinski definition) is 5. The zero-order valence-corrected chi connectivity index (χ0v) is 18.6. The average molecular weight is 448 g/mol. The van der Waals surface area contributed by atoms with Gasteiger partial charge in [0.1, 0.15) is 12.4 Å². The summed E-state index contributed by atoms with van der Waals surface area (Å²) in [6, 6.07) is 26.3. The Morgan fingerprint density at radius 2 is 1.81 bits per heavy atom. The number of anilines is 1. The summed E-state index contributed by atoms with van der Waals surface area (Å²) in [5, 5.41) is 18.8. The first-order chi connectivity index (χ1) is 15.7. The Morgan fingerprint density at radius 3 is 2.50 bits per heavy atom. The van der Waals surface area contributed by atoms with Gasteiger partial charge in [-0.15, -0.1) is 0 Å². The minimum atomic E-state index is -0.0382. The van der Waals surface area contributed by atoms with Crippen LogP contribution in [0.25, 0.3) is 0 Å². The summed E-state index contributed by atoms with van der Waals surface area (Å²) >= 11 is 6.67. The number of aliphatic hydroxyl groups is 1. The van der Waals surface area contributed by atoms with Crippen molar-refractivity contribution in [3.63, 3.8) is 0 Å². The van der Waals surface area contributed by atoms with E-state index in [4.69, 9.17) is 21.4 Å². The molecule has 32 heavy (non-hydrogen) atoms. The first-order valence-electron chi connectivity index (χ1n) is 10.7. The summed E-state index contributed by atoms with van der Waals surface area (Å²) in [6.45, 7) is 3.68. The molecule has 3 aromatic rings. The van der Waals surface area contributed by atoms with Crippen molar-refractivity contribution in [2.75, 3.05) is 37.7 Å². The number of halogens is 1. The molecule has 164 valence electrons. The Morgan fingerprint density at radius 1 is 1.03 bits per heavy atom. The first-order valence-corrected chi connectivity index (χ1v) is 11.1. The summed E-state index contributed by atoms with van der Waals surface area (Å²) in [7, 11) is 0. The van der Waals surface area contributed by atoms with E-state index in [1.807, 2.05) is 42.5 Å². The molecule has 0 aliphatic carbocycles. The number of ether oxygens (including phenoxy) is 1. The molecular formula is C26H26ClN3O2. The molecule has 0 unspecified atom stereocenters. The highest BCUT2D eigenvalue weighted by Gasteiger charge is 2.30. The second kappa shape index (κ2) is 10.5. The van der Waals surface area contributed by atoms with Crippen LogP contribution in [0.1, 0.15) is 22.7 Å². The van der Waals surface area contributed by atoms with Gasteiger partial charge in [0.25, 0.3) is 0 Å². The summed E-state index contributed by atoms with van der Waals surface area (Å²) in [5.41, 5.74) is 4.05. The number of rotatable bonds is 7. The second-order valence-corrected chi connectivity index (χ2v) is 8.26. The Bertz CT molecular complexity index is 1070. The number of aliphatic hydroxyl groups excluding tert-OH is 1. The van der Waals surface area contributed by atoms with Crippen LogP contribution in [0, 0.1) is 11.3 Å². The normalized spacial score (nSPS) is 16.5. The maximum atomic E-state index is 9.19. The lowest BCUT2D eigenvalue weighted by Crippen LogP contribution is -2.48. The van der Waals surface area contributed by atoms with Gasteiger partial charge in [0.15, 0.2) is 0 Å². The van der Waals surface area contributed by atoms with Crippen LogP contribution in [0.5, 0.6) is 5.75 Å². The maximum absolute atomic E-state index is 9.19. The van der Waals surface area contributed by atoms with E-state index in [-0.39, 0.29) is 19.3 Å². The molecule has 1 fully saturated rings. The van der Waals surface area contributed by atoms with Crippen LogP contribution in [0.2, 0.25) is 5.02 Å². The van der Waals surface area contributed by atoms with Gasteiger partial charge in [-0.2, -0.15) is 5.26 Å². The van der Waals surface area contributed by atoms with Crippen molar-refractivity contribution in [3.8, 4) is 11.8 Å².